The van der Waals surface area contributed by atoms with Gasteiger partial charge >= 0.3 is 0 Å². The summed E-state index contributed by atoms with van der Waals surface area (Å²) in [6.45, 7) is 8.11. The lowest BCUT2D eigenvalue weighted by Crippen LogP contribution is -2.52. The van der Waals surface area contributed by atoms with E-state index in [0.717, 1.165) is 11.1 Å². The topological polar surface area (TPSA) is 73.0 Å². The molecule has 5 heteroatoms. The van der Waals surface area contributed by atoms with Gasteiger partial charge in [0.25, 0.3) is 0 Å². The summed E-state index contributed by atoms with van der Waals surface area (Å²) in [6.07, 6.45) is -0.572. The Morgan fingerprint density at radius 2 is 1.42 bits per heavy atom. The number of hydroxylamine groups is 4. The van der Waals surface area contributed by atoms with Crippen molar-refractivity contribution in [2.24, 2.45) is 5.73 Å². The molecule has 0 atom stereocenters. The van der Waals surface area contributed by atoms with Gasteiger partial charge in [0.1, 0.15) is 6.17 Å². The Hall–Kier alpha value is -0.980. The maximum atomic E-state index is 10.4. The molecule has 1 fully saturated rings. The molecule has 2 rings (SSSR count). The molecule has 0 aliphatic carbocycles. The fraction of sp³-hybridized carbons (Fsp3) is 0.571. The fourth-order valence-corrected chi connectivity index (χ4v) is 2.38. The average Bonchev–Trinajstić information content (AvgIpc) is 2.49. The molecule has 19 heavy (non-hydrogen) atoms. The summed E-state index contributed by atoms with van der Waals surface area (Å²) in [7, 11) is 0. The molecule has 0 aromatic heterocycles. The summed E-state index contributed by atoms with van der Waals surface area (Å²) in [4.78, 5) is 0. The lowest BCUT2D eigenvalue weighted by atomic mass is 9.84. The summed E-state index contributed by atoms with van der Waals surface area (Å²) in [5.74, 6) is 0. The first-order valence-electron chi connectivity index (χ1n) is 6.49. The SMILES string of the molecule is CC1(C)N(O)C(c2ccc(CN)cc2)N(O)C1(C)C. The van der Waals surface area contributed by atoms with Crippen LogP contribution in [0, 0.1) is 0 Å². The van der Waals surface area contributed by atoms with Crippen LogP contribution in [0.3, 0.4) is 0 Å². The van der Waals surface area contributed by atoms with Gasteiger partial charge in [0, 0.05) is 6.54 Å². The summed E-state index contributed by atoms with van der Waals surface area (Å²) < 4.78 is 0. The van der Waals surface area contributed by atoms with E-state index in [1.807, 2.05) is 52.0 Å². The lowest BCUT2D eigenvalue weighted by Gasteiger charge is -2.37. The molecule has 0 amide bonds. The Balaban J connectivity index is 2.39. The predicted octanol–water partition coefficient (Wildman–Crippen LogP) is 2.10. The third-order valence-electron chi connectivity index (χ3n) is 4.62. The number of benzene rings is 1. The van der Waals surface area contributed by atoms with E-state index >= 15 is 0 Å². The fourth-order valence-electron chi connectivity index (χ4n) is 2.38. The van der Waals surface area contributed by atoms with Gasteiger partial charge in [-0.1, -0.05) is 24.3 Å². The minimum absolute atomic E-state index is 0.480. The van der Waals surface area contributed by atoms with E-state index in [2.05, 4.69) is 0 Å². The van der Waals surface area contributed by atoms with Gasteiger partial charge in [0.15, 0.2) is 0 Å². The average molecular weight is 265 g/mol. The van der Waals surface area contributed by atoms with Crippen LogP contribution < -0.4 is 5.73 Å². The van der Waals surface area contributed by atoms with E-state index in [0.29, 0.717) is 6.54 Å². The molecule has 0 saturated carbocycles. The van der Waals surface area contributed by atoms with Gasteiger partial charge in [0.05, 0.1) is 11.1 Å². The van der Waals surface area contributed by atoms with Gasteiger partial charge in [-0.05, 0) is 38.8 Å². The summed E-state index contributed by atoms with van der Waals surface area (Å²) in [5.41, 5.74) is 6.29. The van der Waals surface area contributed by atoms with E-state index in [9.17, 15) is 10.4 Å². The molecule has 106 valence electrons. The molecule has 1 saturated heterocycles. The molecule has 0 unspecified atom stereocenters. The summed E-state index contributed by atoms with van der Waals surface area (Å²) >= 11 is 0. The van der Waals surface area contributed by atoms with Crippen molar-refractivity contribution in [3.05, 3.63) is 35.4 Å². The molecule has 1 aliphatic heterocycles. The van der Waals surface area contributed by atoms with Crippen LogP contribution in [0.5, 0.6) is 0 Å². The molecule has 0 spiro atoms. The van der Waals surface area contributed by atoms with Crippen LogP contribution in [0.25, 0.3) is 0 Å². The van der Waals surface area contributed by atoms with Gasteiger partial charge in [-0.25, -0.2) is 0 Å². The first-order valence-corrected chi connectivity index (χ1v) is 6.49. The van der Waals surface area contributed by atoms with Crippen molar-refractivity contribution in [3.63, 3.8) is 0 Å². The second-order valence-corrected chi connectivity index (χ2v) is 6.13. The maximum Gasteiger partial charge on any atom is 0.136 e. The number of hydrogen-bond donors (Lipinski definition) is 3. The highest BCUT2D eigenvalue weighted by Gasteiger charge is 2.58. The van der Waals surface area contributed by atoms with E-state index in [4.69, 9.17) is 5.73 Å². The summed E-state index contributed by atoms with van der Waals surface area (Å²) in [6, 6.07) is 7.60. The minimum Gasteiger partial charge on any atom is -0.326 e. The first-order chi connectivity index (χ1) is 8.73. The number of hydrogen-bond acceptors (Lipinski definition) is 5. The molecule has 0 radical (unpaired) electrons. The van der Waals surface area contributed by atoms with Crippen LogP contribution in [0.2, 0.25) is 0 Å². The largest absolute Gasteiger partial charge is 0.326 e. The Labute approximate surface area is 114 Å². The van der Waals surface area contributed by atoms with Crippen LogP contribution in [-0.2, 0) is 6.54 Å². The van der Waals surface area contributed by atoms with Crippen LogP contribution in [0.1, 0.15) is 45.0 Å². The van der Waals surface area contributed by atoms with Gasteiger partial charge in [0.2, 0.25) is 0 Å². The smallest absolute Gasteiger partial charge is 0.136 e. The zero-order chi connectivity index (χ0) is 14.4. The van der Waals surface area contributed by atoms with Crippen molar-refractivity contribution in [3.8, 4) is 0 Å². The van der Waals surface area contributed by atoms with Crippen molar-refractivity contribution in [1.29, 1.82) is 0 Å². The zero-order valence-electron chi connectivity index (χ0n) is 12.0. The Morgan fingerprint density at radius 3 is 1.79 bits per heavy atom. The lowest BCUT2D eigenvalue weighted by molar-refractivity contribution is -0.223. The molecular weight excluding hydrogens is 242 g/mol. The highest BCUT2D eigenvalue weighted by molar-refractivity contribution is 5.27. The maximum absolute atomic E-state index is 10.4. The second kappa shape index (κ2) is 4.54. The molecule has 5 nitrogen and oxygen atoms in total. The van der Waals surface area contributed by atoms with Gasteiger partial charge < -0.3 is 16.1 Å². The van der Waals surface area contributed by atoms with Gasteiger partial charge in [-0.15, -0.1) is 0 Å². The van der Waals surface area contributed by atoms with Crippen LogP contribution in [0.4, 0.5) is 0 Å². The van der Waals surface area contributed by atoms with Crippen molar-refractivity contribution in [1.82, 2.24) is 10.1 Å². The van der Waals surface area contributed by atoms with E-state index in [1.54, 1.807) is 0 Å². The van der Waals surface area contributed by atoms with Crippen molar-refractivity contribution in [2.75, 3.05) is 0 Å². The monoisotopic (exact) mass is 265 g/mol. The molecule has 1 aromatic carbocycles. The van der Waals surface area contributed by atoms with E-state index in [-0.39, 0.29) is 0 Å². The third kappa shape index (κ3) is 1.98. The number of nitrogens with two attached hydrogens (primary N) is 1. The van der Waals surface area contributed by atoms with E-state index < -0.39 is 17.2 Å². The van der Waals surface area contributed by atoms with Crippen molar-refractivity contribution < 1.29 is 10.4 Å². The highest BCUT2D eigenvalue weighted by atomic mass is 16.6. The van der Waals surface area contributed by atoms with Crippen molar-refractivity contribution in [2.45, 2.75) is 51.5 Å². The van der Waals surface area contributed by atoms with Crippen LogP contribution in [0.15, 0.2) is 24.3 Å². The Kier molecular flexibility index (Phi) is 3.45. The standard InChI is InChI=1S/C14H23N3O2/c1-13(2)14(3,4)17(19)12(16(13)18)11-7-5-10(9-15)6-8-11/h5-8,12,18-19H,9,15H2,1-4H3. The first kappa shape index (κ1) is 14.4. The van der Waals surface area contributed by atoms with E-state index in [1.165, 1.54) is 10.1 Å². The van der Waals surface area contributed by atoms with Crippen LogP contribution in [-0.4, -0.2) is 31.6 Å². The molecular formula is C14H23N3O2. The second-order valence-electron chi connectivity index (χ2n) is 6.13. The van der Waals surface area contributed by atoms with Crippen LogP contribution >= 0.6 is 0 Å². The minimum atomic E-state index is -0.572. The third-order valence-corrected chi connectivity index (χ3v) is 4.62. The predicted molar refractivity (Wildman–Crippen MR) is 72.5 cm³/mol. The molecule has 1 heterocycles. The zero-order valence-corrected chi connectivity index (χ0v) is 12.0. The summed E-state index contributed by atoms with van der Waals surface area (Å²) in [5, 5.41) is 23.2. The van der Waals surface area contributed by atoms with Gasteiger partial charge in [-0.2, -0.15) is 10.1 Å². The molecule has 1 aromatic rings. The molecule has 4 N–H and O–H groups in total. The Morgan fingerprint density at radius 1 is 1.00 bits per heavy atom. The number of nitrogens with zero attached hydrogens (tertiary/aromatic N) is 2. The normalized spacial score (nSPS) is 23.9. The number of rotatable bonds is 2. The van der Waals surface area contributed by atoms with Gasteiger partial charge in [-0.3, -0.25) is 0 Å². The highest BCUT2D eigenvalue weighted by Crippen LogP contribution is 2.47. The molecule has 1 aliphatic rings. The molecule has 0 bridgehead atoms. The van der Waals surface area contributed by atoms with Crippen molar-refractivity contribution >= 4 is 0 Å². The quantitative estimate of drug-likeness (QED) is 0.763. The Bertz CT molecular complexity index is 436.